The van der Waals surface area contributed by atoms with Gasteiger partial charge in [-0.15, -0.1) is 0 Å². The molecule has 3 N–H and O–H groups in total. The molecule has 0 aromatic rings. The first-order valence-corrected chi connectivity index (χ1v) is 7.45. The number of thioether (sulfide) groups is 1. The van der Waals surface area contributed by atoms with Crippen LogP contribution in [0.4, 0.5) is 0 Å². The number of hydrogen-bond acceptors (Lipinski definition) is 5. The molecule has 1 fully saturated rings. The number of carboxylic acids is 1. The minimum Gasteiger partial charge on any atom is -0.477 e. The van der Waals surface area contributed by atoms with E-state index in [-0.39, 0.29) is 30.2 Å². The monoisotopic (exact) mass is 324 g/mol. The zero-order valence-electron chi connectivity index (χ0n) is 12.1. The molecule has 0 saturated carbocycles. The molecule has 1 saturated heterocycles. The number of carbonyl (C=O) groups excluding carboxylic acids is 2. The van der Waals surface area contributed by atoms with E-state index >= 15 is 0 Å². The fraction of sp³-hybridized carbons (Fsp3) is 0.357. The lowest BCUT2D eigenvalue weighted by Crippen LogP contribution is -2.53. The summed E-state index contributed by atoms with van der Waals surface area (Å²) in [4.78, 5) is 36.1. The molecule has 2 aliphatic heterocycles. The van der Waals surface area contributed by atoms with Crippen molar-refractivity contribution in [3.05, 3.63) is 33.4 Å². The van der Waals surface area contributed by atoms with Gasteiger partial charge < -0.3 is 15.5 Å². The Kier molecular flexibility index (Phi) is 4.72. The van der Waals surface area contributed by atoms with Gasteiger partial charge >= 0.3 is 5.97 Å². The van der Waals surface area contributed by atoms with Crippen molar-refractivity contribution >= 4 is 29.5 Å². The summed E-state index contributed by atoms with van der Waals surface area (Å²) in [5, 5.41) is 22.5. The summed E-state index contributed by atoms with van der Waals surface area (Å²) in [6, 6.07) is -0.317. The molecule has 1 atom stereocenters. The molecule has 7 nitrogen and oxygen atoms in total. The molecule has 118 valence electrons. The van der Waals surface area contributed by atoms with E-state index in [1.54, 1.807) is 12.3 Å². The Morgan fingerprint density at radius 2 is 2.14 bits per heavy atom. The van der Waals surface area contributed by atoms with E-state index in [2.05, 4.69) is 5.32 Å². The van der Waals surface area contributed by atoms with E-state index in [0.29, 0.717) is 22.5 Å². The Balaban J connectivity index is 2.20. The zero-order chi connectivity index (χ0) is 16.4. The second-order valence-corrected chi connectivity index (χ2v) is 5.95. The third-order valence-corrected chi connectivity index (χ3v) is 4.36. The van der Waals surface area contributed by atoms with Crippen molar-refractivity contribution in [2.45, 2.75) is 26.3 Å². The molecular formula is C14H16N2O5S. The summed E-state index contributed by atoms with van der Waals surface area (Å²) in [7, 11) is 0. The number of carboxylic acid groups (broad SMARTS) is 1. The fourth-order valence-corrected chi connectivity index (χ4v) is 3.33. The van der Waals surface area contributed by atoms with Gasteiger partial charge in [0.05, 0.1) is 12.6 Å². The molecular weight excluding hydrogens is 308 g/mol. The Hall–Kier alpha value is -2.06. The maximum atomic E-state index is 12.1. The summed E-state index contributed by atoms with van der Waals surface area (Å²) in [6.07, 6.45) is 1.82. The van der Waals surface area contributed by atoms with Crippen molar-refractivity contribution in [3.8, 4) is 0 Å². The third kappa shape index (κ3) is 2.79. The first kappa shape index (κ1) is 16.3. The number of rotatable bonds is 5. The fourth-order valence-electron chi connectivity index (χ4n) is 2.48. The van der Waals surface area contributed by atoms with Gasteiger partial charge in [0, 0.05) is 30.0 Å². The lowest BCUT2D eigenvalue weighted by molar-refractivity contribution is -0.142. The molecule has 0 aliphatic carbocycles. The van der Waals surface area contributed by atoms with E-state index in [1.165, 1.54) is 18.0 Å². The molecule has 0 unspecified atom stereocenters. The number of aliphatic hydroxyl groups is 1. The van der Waals surface area contributed by atoms with Crippen LogP contribution < -0.4 is 5.32 Å². The smallest absolute Gasteiger partial charge is 0.353 e. The van der Waals surface area contributed by atoms with Crippen LogP contribution in [0.25, 0.3) is 0 Å². The van der Waals surface area contributed by atoms with Crippen LogP contribution in [0.15, 0.2) is 33.4 Å². The van der Waals surface area contributed by atoms with Crippen LogP contribution in [-0.4, -0.2) is 45.5 Å². The standard InChI is InChI=1S/C14H16N2O5S/c1-7(6-17)11-9-5-10(22-4-3-15-8(2)18)12(14(20)21)16(9)13(11)19/h3-4,9,17H,5-6H2,1-2H3,(H,15,18)(H,20,21)/b4-3+,11-7-/t9-/m1/s1. The molecule has 0 spiro atoms. The molecule has 22 heavy (non-hydrogen) atoms. The van der Waals surface area contributed by atoms with Crippen LogP contribution in [0, 0.1) is 0 Å². The van der Waals surface area contributed by atoms with Gasteiger partial charge in [0.25, 0.3) is 5.91 Å². The summed E-state index contributed by atoms with van der Waals surface area (Å²) < 4.78 is 0. The van der Waals surface area contributed by atoms with Crippen molar-refractivity contribution in [3.63, 3.8) is 0 Å². The van der Waals surface area contributed by atoms with Gasteiger partial charge in [-0.25, -0.2) is 4.79 Å². The largest absolute Gasteiger partial charge is 0.477 e. The Bertz CT molecular complexity index is 635. The first-order valence-electron chi connectivity index (χ1n) is 6.57. The summed E-state index contributed by atoms with van der Waals surface area (Å²) in [5.74, 6) is -1.75. The zero-order valence-corrected chi connectivity index (χ0v) is 12.9. The number of nitrogens with one attached hydrogen (secondary N) is 1. The normalized spacial score (nSPS) is 22.8. The maximum absolute atomic E-state index is 12.1. The van der Waals surface area contributed by atoms with E-state index < -0.39 is 5.97 Å². The number of aliphatic hydroxyl groups excluding tert-OH is 1. The minimum atomic E-state index is -1.16. The van der Waals surface area contributed by atoms with Crippen LogP contribution in [0.3, 0.4) is 0 Å². The first-order chi connectivity index (χ1) is 10.4. The maximum Gasteiger partial charge on any atom is 0.353 e. The van der Waals surface area contributed by atoms with Crippen molar-refractivity contribution in [1.29, 1.82) is 0 Å². The molecule has 8 heteroatoms. The number of carbonyl (C=O) groups is 3. The van der Waals surface area contributed by atoms with Crippen molar-refractivity contribution < 1.29 is 24.6 Å². The summed E-state index contributed by atoms with van der Waals surface area (Å²) in [5.41, 5.74) is 1.03. The topological polar surface area (TPSA) is 107 Å². The predicted molar refractivity (Wildman–Crippen MR) is 80.2 cm³/mol. The number of β-lactam (4-membered cyclic amide) rings is 1. The van der Waals surface area contributed by atoms with Gasteiger partial charge in [0.2, 0.25) is 5.91 Å². The van der Waals surface area contributed by atoms with Crippen LogP contribution in [0.1, 0.15) is 20.3 Å². The highest BCUT2D eigenvalue weighted by atomic mass is 32.2. The molecule has 2 heterocycles. The van der Waals surface area contributed by atoms with Gasteiger partial charge in [-0.2, -0.15) is 0 Å². The number of nitrogens with zero attached hydrogens (tertiary/aromatic N) is 1. The highest BCUT2D eigenvalue weighted by molar-refractivity contribution is 8.05. The molecule has 0 aromatic heterocycles. The van der Waals surface area contributed by atoms with Crippen LogP contribution >= 0.6 is 11.8 Å². The lowest BCUT2D eigenvalue weighted by atomic mass is 9.90. The van der Waals surface area contributed by atoms with Crippen LogP contribution in [0.2, 0.25) is 0 Å². The Labute approximate surface area is 131 Å². The van der Waals surface area contributed by atoms with E-state index in [4.69, 9.17) is 5.11 Å². The van der Waals surface area contributed by atoms with E-state index in [9.17, 15) is 19.5 Å². The van der Waals surface area contributed by atoms with E-state index in [0.717, 1.165) is 11.8 Å². The molecule has 0 bridgehead atoms. The van der Waals surface area contributed by atoms with Crippen molar-refractivity contribution in [1.82, 2.24) is 10.2 Å². The second kappa shape index (κ2) is 6.37. The number of amides is 2. The Morgan fingerprint density at radius 3 is 2.68 bits per heavy atom. The average Bonchev–Trinajstić information content (AvgIpc) is 2.78. The highest BCUT2D eigenvalue weighted by Crippen LogP contribution is 2.46. The number of hydrogen-bond donors (Lipinski definition) is 3. The number of aliphatic carboxylic acids is 1. The van der Waals surface area contributed by atoms with Crippen molar-refractivity contribution in [2.75, 3.05) is 6.61 Å². The summed E-state index contributed by atoms with van der Waals surface area (Å²) >= 11 is 1.16. The summed E-state index contributed by atoms with van der Waals surface area (Å²) in [6.45, 7) is 2.80. The van der Waals surface area contributed by atoms with Gasteiger partial charge in [-0.05, 0) is 17.9 Å². The minimum absolute atomic E-state index is 0.0260. The second-order valence-electron chi connectivity index (χ2n) is 4.95. The average molecular weight is 324 g/mol. The molecule has 2 aliphatic rings. The highest BCUT2D eigenvalue weighted by Gasteiger charge is 2.52. The predicted octanol–water partition coefficient (Wildman–Crippen LogP) is 0.546. The van der Waals surface area contributed by atoms with Gasteiger partial charge in [0.1, 0.15) is 5.70 Å². The SMILES string of the molecule is CC(=O)N/C=C/SC1=C(C(=O)O)N2C(=O)/C(=C(/C)CO)[C@H]2C1. The molecule has 2 amide bonds. The lowest BCUT2D eigenvalue weighted by Gasteiger charge is -2.39. The van der Waals surface area contributed by atoms with Gasteiger partial charge in [-0.1, -0.05) is 11.8 Å². The quantitative estimate of drug-likeness (QED) is 0.503. The molecule has 0 radical (unpaired) electrons. The van der Waals surface area contributed by atoms with Crippen molar-refractivity contribution in [2.24, 2.45) is 0 Å². The van der Waals surface area contributed by atoms with Gasteiger partial charge in [0.15, 0.2) is 0 Å². The van der Waals surface area contributed by atoms with E-state index in [1.807, 2.05) is 0 Å². The molecule has 0 aromatic carbocycles. The van der Waals surface area contributed by atoms with Crippen LogP contribution in [0.5, 0.6) is 0 Å². The number of fused-ring (bicyclic) bond motifs is 1. The van der Waals surface area contributed by atoms with Gasteiger partial charge in [-0.3, -0.25) is 14.5 Å². The third-order valence-electron chi connectivity index (χ3n) is 3.44. The molecule has 2 rings (SSSR count). The Morgan fingerprint density at radius 1 is 1.45 bits per heavy atom. The van der Waals surface area contributed by atoms with Crippen LogP contribution in [-0.2, 0) is 14.4 Å².